The highest BCUT2D eigenvalue weighted by atomic mass is 32.2. The Hall–Kier alpha value is -2.47. The van der Waals surface area contributed by atoms with E-state index in [1.807, 2.05) is 25.1 Å². The molecule has 2 aromatic carbocycles. The molecule has 1 amide bonds. The minimum atomic E-state index is -0.154. The van der Waals surface area contributed by atoms with E-state index < -0.39 is 0 Å². The van der Waals surface area contributed by atoms with Crippen molar-refractivity contribution in [1.82, 2.24) is 0 Å². The van der Waals surface area contributed by atoms with E-state index in [1.54, 1.807) is 12.1 Å². The largest absolute Gasteiger partial charge is 0.454 e. The Balaban J connectivity index is 1.62. The highest BCUT2D eigenvalue weighted by Crippen LogP contribution is 2.37. The monoisotopic (exact) mass is 357 g/mol. The van der Waals surface area contributed by atoms with Gasteiger partial charge in [-0.1, -0.05) is 29.8 Å². The molecule has 0 aliphatic carbocycles. The van der Waals surface area contributed by atoms with Crippen LogP contribution in [0, 0.1) is 6.92 Å². The van der Waals surface area contributed by atoms with E-state index in [0.717, 1.165) is 5.75 Å². The number of ether oxygens (including phenoxy) is 2. The van der Waals surface area contributed by atoms with Gasteiger partial charge in [0.1, 0.15) is 0 Å². The van der Waals surface area contributed by atoms with Crippen molar-refractivity contribution >= 4 is 29.1 Å². The van der Waals surface area contributed by atoms with E-state index >= 15 is 0 Å². The first kappa shape index (κ1) is 17.4. The number of thioether (sulfide) groups is 1. The van der Waals surface area contributed by atoms with Crippen LogP contribution in [0.1, 0.15) is 28.4 Å². The third-order valence-corrected chi connectivity index (χ3v) is 4.75. The molecule has 130 valence electrons. The average molecular weight is 357 g/mol. The number of benzene rings is 2. The first-order chi connectivity index (χ1) is 12.0. The number of Topliss-reactive ketones (excluding diaryl/α,β-unsaturated/α-hetero) is 1. The normalized spacial score (nSPS) is 12.1. The van der Waals surface area contributed by atoms with Gasteiger partial charge in [-0.25, -0.2) is 0 Å². The van der Waals surface area contributed by atoms with Crippen molar-refractivity contribution in [3.8, 4) is 11.5 Å². The zero-order chi connectivity index (χ0) is 17.8. The molecule has 6 heteroatoms. The van der Waals surface area contributed by atoms with Gasteiger partial charge in [-0.2, -0.15) is 0 Å². The van der Waals surface area contributed by atoms with Crippen molar-refractivity contribution in [2.75, 3.05) is 17.9 Å². The summed E-state index contributed by atoms with van der Waals surface area (Å²) in [5.74, 6) is 1.83. The molecular formula is C19H19NO4S. The number of fused-ring (bicyclic) bond motifs is 1. The van der Waals surface area contributed by atoms with Gasteiger partial charge in [0, 0.05) is 17.4 Å². The number of anilines is 1. The van der Waals surface area contributed by atoms with Crippen LogP contribution in [-0.4, -0.2) is 24.2 Å². The van der Waals surface area contributed by atoms with E-state index in [4.69, 9.17) is 9.47 Å². The van der Waals surface area contributed by atoms with Crippen LogP contribution in [0.25, 0.3) is 0 Å². The molecule has 0 saturated heterocycles. The lowest BCUT2D eigenvalue weighted by atomic mass is 10.1. The number of nitrogens with one attached hydrogen (secondary N) is 1. The van der Waals surface area contributed by atoms with Crippen molar-refractivity contribution in [3.05, 3.63) is 53.1 Å². The number of carbonyl (C=O) groups excluding carboxylic acids is 2. The number of rotatable bonds is 6. The molecule has 0 spiro atoms. The fourth-order valence-electron chi connectivity index (χ4n) is 2.59. The summed E-state index contributed by atoms with van der Waals surface area (Å²) in [6, 6.07) is 11.5. The van der Waals surface area contributed by atoms with Gasteiger partial charge in [-0.3, -0.25) is 9.59 Å². The second kappa shape index (κ2) is 7.61. The standard InChI is InChI=1S/C19H19NO4S/c1-12-4-3-5-14(6-12)9-25-10-19(22)20-16-8-18-17(23-11-24-18)7-15(16)13(2)21/h3-8H,9-11H2,1-2H3,(H,20,22). The molecule has 0 atom stereocenters. The molecule has 1 aliphatic rings. The van der Waals surface area contributed by atoms with Crippen LogP contribution in [0.5, 0.6) is 11.5 Å². The minimum Gasteiger partial charge on any atom is -0.454 e. The summed E-state index contributed by atoms with van der Waals surface area (Å²) in [5.41, 5.74) is 3.26. The topological polar surface area (TPSA) is 64.6 Å². The fourth-order valence-corrected chi connectivity index (χ4v) is 3.36. The van der Waals surface area contributed by atoms with Gasteiger partial charge in [0.15, 0.2) is 17.3 Å². The van der Waals surface area contributed by atoms with E-state index in [-0.39, 0.29) is 18.5 Å². The average Bonchev–Trinajstić information content (AvgIpc) is 3.01. The molecule has 25 heavy (non-hydrogen) atoms. The molecule has 5 nitrogen and oxygen atoms in total. The molecule has 1 N–H and O–H groups in total. The summed E-state index contributed by atoms with van der Waals surface area (Å²) in [4.78, 5) is 24.1. The summed E-state index contributed by atoms with van der Waals surface area (Å²) in [5, 5.41) is 2.80. The zero-order valence-corrected chi connectivity index (χ0v) is 14.9. The van der Waals surface area contributed by atoms with Crippen LogP contribution >= 0.6 is 11.8 Å². The molecule has 0 unspecified atom stereocenters. The molecule has 0 aromatic heterocycles. The molecule has 0 saturated carbocycles. The molecule has 2 aromatic rings. The Morgan fingerprint density at radius 3 is 2.64 bits per heavy atom. The first-order valence-corrected chi connectivity index (χ1v) is 9.06. The van der Waals surface area contributed by atoms with E-state index in [1.165, 1.54) is 29.8 Å². The Morgan fingerprint density at radius 2 is 1.92 bits per heavy atom. The molecular weight excluding hydrogens is 338 g/mol. The highest BCUT2D eigenvalue weighted by molar-refractivity contribution is 7.99. The van der Waals surface area contributed by atoms with Gasteiger partial charge in [-0.05, 0) is 25.5 Å². The number of aryl methyl sites for hydroxylation is 1. The lowest BCUT2D eigenvalue weighted by Crippen LogP contribution is -2.16. The SMILES string of the molecule is CC(=O)c1cc2c(cc1NC(=O)CSCc1cccc(C)c1)OCO2. The van der Waals surface area contributed by atoms with Crippen molar-refractivity contribution < 1.29 is 19.1 Å². The number of hydrogen-bond donors (Lipinski definition) is 1. The third kappa shape index (κ3) is 4.33. The van der Waals surface area contributed by atoms with E-state index in [9.17, 15) is 9.59 Å². The number of carbonyl (C=O) groups is 2. The quantitative estimate of drug-likeness (QED) is 0.797. The molecule has 1 aliphatic heterocycles. The first-order valence-electron chi connectivity index (χ1n) is 7.90. The highest BCUT2D eigenvalue weighted by Gasteiger charge is 2.20. The number of amides is 1. The number of ketones is 1. The summed E-state index contributed by atoms with van der Waals surface area (Å²) in [7, 11) is 0. The van der Waals surface area contributed by atoms with Crippen molar-refractivity contribution in [1.29, 1.82) is 0 Å². The maximum absolute atomic E-state index is 12.2. The Bertz CT molecular complexity index is 819. The van der Waals surface area contributed by atoms with Gasteiger partial charge < -0.3 is 14.8 Å². The van der Waals surface area contributed by atoms with Gasteiger partial charge in [0.05, 0.1) is 11.4 Å². The van der Waals surface area contributed by atoms with Crippen LogP contribution in [0.4, 0.5) is 5.69 Å². The predicted octanol–water partition coefficient (Wildman–Crippen LogP) is 3.80. The van der Waals surface area contributed by atoms with Crippen molar-refractivity contribution in [2.24, 2.45) is 0 Å². The lowest BCUT2D eigenvalue weighted by Gasteiger charge is -2.10. The minimum absolute atomic E-state index is 0.121. The molecule has 0 fully saturated rings. The maximum Gasteiger partial charge on any atom is 0.234 e. The Morgan fingerprint density at radius 1 is 1.16 bits per heavy atom. The lowest BCUT2D eigenvalue weighted by molar-refractivity contribution is -0.113. The fraction of sp³-hybridized carbons (Fsp3) is 0.263. The van der Waals surface area contributed by atoms with Crippen LogP contribution in [0.3, 0.4) is 0 Å². The van der Waals surface area contributed by atoms with Gasteiger partial charge >= 0.3 is 0 Å². The summed E-state index contributed by atoms with van der Waals surface area (Å²) in [6.07, 6.45) is 0. The maximum atomic E-state index is 12.2. The van der Waals surface area contributed by atoms with E-state index in [0.29, 0.717) is 28.5 Å². The smallest absolute Gasteiger partial charge is 0.234 e. The van der Waals surface area contributed by atoms with Gasteiger partial charge in [0.25, 0.3) is 0 Å². The van der Waals surface area contributed by atoms with Crippen molar-refractivity contribution in [3.63, 3.8) is 0 Å². The van der Waals surface area contributed by atoms with Crippen LogP contribution in [-0.2, 0) is 10.5 Å². The van der Waals surface area contributed by atoms with E-state index in [2.05, 4.69) is 11.4 Å². The number of hydrogen-bond acceptors (Lipinski definition) is 5. The van der Waals surface area contributed by atoms with Crippen molar-refractivity contribution in [2.45, 2.75) is 19.6 Å². The van der Waals surface area contributed by atoms with Crippen LogP contribution in [0.15, 0.2) is 36.4 Å². The third-order valence-electron chi connectivity index (χ3n) is 3.75. The zero-order valence-electron chi connectivity index (χ0n) is 14.1. The summed E-state index contributed by atoms with van der Waals surface area (Å²) < 4.78 is 10.6. The molecule has 3 rings (SSSR count). The van der Waals surface area contributed by atoms with Gasteiger partial charge in [-0.15, -0.1) is 11.8 Å². The molecule has 0 bridgehead atoms. The Kier molecular flexibility index (Phi) is 5.28. The molecule has 1 heterocycles. The van der Waals surface area contributed by atoms with Crippen LogP contribution < -0.4 is 14.8 Å². The predicted molar refractivity (Wildman–Crippen MR) is 98.5 cm³/mol. The Labute approximate surface area is 150 Å². The van der Waals surface area contributed by atoms with Gasteiger partial charge in [0.2, 0.25) is 12.7 Å². The van der Waals surface area contributed by atoms with Crippen LogP contribution in [0.2, 0.25) is 0 Å². The second-order valence-corrected chi connectivity index (χ2v) is 6.82. The molecule has 0 radical (unpaired) electrons. The summed E-state index contributed by atoms with van der Waals surface area (Å²) in [6.45, 7) is 3.62. The second-order valence-electron chi connectivity index (χ2n) is 5.84. The summed E-state index contributed by atoms with van der Waals surface area (Å²) >= 11 is 1.53.